The first kappa shape index (κ1) is 19.8. The molecule has 0 aliphatic rings. The number of nitrogens with one attached hydrogen (secondary N) is 1. The van der Waals surface area contributed by atoms with Gasteiger partial charge >= 0.3 is 5.97 Å². The summed E-state index contributed by atoms with van der Waals surface area (Å²) in [6.07, 6.45) is 1.66. The van der Waals surface area contributed by atoms with Gasteiger partial charge in [0.15, 0.2) is 18.1 Å². The molecule has 31 heavy (non-hydrogen) atoms. The van der Waals surface area contributed by atoms with Crippen molar-refractivity contribution >= 4 is 28.5 Å². The summed E-state index contributed by atoms with van der Waals surface area (Å²) in [5.41, 5.74) is 14.9. The van der Waals surface area contributed by atoms with Crippen molar-refractivity contribution in [2.24, 2.45) is 5.73 Å². The number of benzene rings is 2. The van der Waals surface area contributed by atoms with Crippen molar-refractivity contribution in [3.8, 4) is 28.4 Å². The zero-order valence-electron chi connectivity index (χ0n) is 16.4. The molecule has 0 fully saturated rings. The molecule has 2 aromatic carbocycles. The quantitative estimate of drug-likeness (QED) is 0.369. The fraction of sp³-hybridized carbons (Fsp3) is 0.0952. The molecular formula is C21H18N6O4. The van der Waals surface area contributed by atoms with Crippen LogP contribution in [0.1, 0.15) is 16.1 Å². The van der Waals surface area contributed by atoms with Gasteiger partial charge in [-0.2, -0.15) is 5.10 Å². The van der Waals surface area contributed by atoms with E-state index in [9.17, 15) is 9.59 Å². The van der Waals surface area contributed by atoms with Crippen molar-refractivity contribution in [1.29, 1.82) is 0 Å². The Labute approximate surface area is 175 Å². The van der Waals surface area contributed by atoms with Crippen LogP contribution in [0, 0.1) is 6.92 Å². The molecule has 4 rings (SSSR count). The molecule has 156 valence electrons. The second kappa shape index (κ2) is 7.75. The number of ether oxygens (including phenoxy) is 1. The van der Waals surface area contributed by atoms with Crippen LogP contribution in [-0.2, 0) is 4.79 Å². The van der Waals surface area contributed by atoms with Gasteiger partial charge in [-0.15, -0.1) is 0 Å². The zero-order valence-corrected chi connectivity index (χ0v) is 16.4. The molecule has 0 atom stereocenters. The smallest absolute Gasteiger partial charge is 0.341 e. The van der Waals surface area contributed by atoms with Crippen molar-refractivity contribution in [3.05, 3.63) is 53.9 Å². The van der Waals surface area contributed by atoms with Gasteiger partial charge in [0.25, 0.3) is 5.91 Å². The standard InChI is InChI=1S/C21H18N6O4/c1-10-5-6-14-13(8-24-27-14)16(10)18-17(22)19(20(23)30)26-21(25-18)11-3-2-4-12(7-11)31-9-15(28)29/h2-8H,9,22H2,1H3,(H2,23,30)(H,24,27)(H,28,29). The number of fused-ring (bicyclic) bond motifs is 1. The molecule has 0 saturated carbocycles. The number of primary amides is 1. The van der Waals surface area contributed by atoms with Gasteiger partial charge in [-0.3, -0.25) is 9.89 Å². The average molecular weight is 418 g/mol. The highest BCUT2D eigenvalue weighted by molar-refractivity contribution is 6.04. The van der Waals surface area contributed by atoms with E-state index in [0.29, 0.717) is 22.6 Å². The first-order chi connectivity index (χ1) is 14.8. The average Bonchev–Trinajstić information content (AvgIpc) is 3.21. The number of rotatable bonds is 6. The maximum Gasteiger partial charge on any atom is 0.341 e. The minimum atomic E-state index is -1.10. The van der Waals surface area contributed by atoms with Crippen LogP contribution in [0.5, 0.6) is 5.75 Å². The molecule has 6 N–H and O–H groups in total. The van der Waals surface area contributed by atoms with E-state index in [1.54, 1.807) is 30.5 Å². The number of nitrogens with zero attached hydrogens (tertiary/aromatic N) is 3. The lowest BCUT2D eigenvalue weighted by Crippen LogP contribution is -2.18. The van der Waals surface area contributed by atoms with Crippen LogP contribution in [0.4, 0.5) is 5.69 Å². The SMILES string of the molecule is Cc1ccc2[nH]ncc2c1-c1nc(-c2cccc(OCC(=O)O)c2)nc(C(N)=O)c1N. The van der Waals surface area contributed by atoms with E-state index in [4.69, 9.17) is 21.3 Å². The van der Waals surface area contributed by atoms with E-state index >= 15 is 0 Å². The van der Waals surface area contributed by atoms with Gasteiger partial charge < -0.3 is 21.3 Å². The number of aryl methyl sites for hydroxylation is 1. The summed E-state index contributed by atoms with van der Waals surface area (Å²) >= 11 is 0. The van der Waals surface area contributed by atoms with Crippen LogP contribution in [0.15, 0.2) is 42.6 Å². The predicted octanol–water partition coefficient (Wildman–Crippen LogP) is 2.14. The van der Waals surface area contributed by atoms with E-state index in [2.05, 4.69) is 20.2 Å². The van der Waals surface area contributed by atoms with E-state index in [1.807, 2.05) is 19.1 Å². The molecule has 0 spiro atoms. The summed E-state index contributed by atoms with van der Waals surface area (Å²) in [5, 5.41) is 16.6. The summed E-state index contributed by atoms with van der Waals surface area (Å²) in [4.78, 5) is 31.7. The normalized spacial score (nSPS) is 10.9. The van der Waals surface area contributed by atoms with Crippen molar-refractivity contribution in [2.75, 3.05) is 12.3 Å². The van der Waals surface area contributed by atoms with E-state index in [-0.39, 0.29) is 17.2 Å². The van der Waals surface area contributed by atoms with E-state index in [0.717, 1.165) is 16.5 Å². The van der Waals surface area contributed by atoms with Gasteiger partial charge in [0.05, 0.1) is 23.1 Å². The Morgan fingerprint density at radius 1 is 1.19 bits per heavy atom. The highest BCUT2D eigenvalue weighted by Crippen LogP contribution is 2.36. The van der Waals surface area contributed by atoms with Gasteiger partial charge in [-0.25, -0.2) is 14.8 Å². The van der Waals surface area contributed by atoms with Crippen molar-refractivity contribution in [2.45, 2.75) is 6.92 Å². The summed E-state index contributed by atoms with van der Waals surface area (Å²) in [5.74, 6) is -1.39. The molecule has 2 aromatic heterocycles. The summed E-state index contributed by atoms with van der Waals surface area (Å²) in [6, 6.07) is 10.3. The Morgan fingerprint density at radius 3 is 2.74 bits per heavy atom. The Kier molecular flexibility index (Phi) is 4.96. The molecule has 4 aromatic rings. The molecule has 0 aliphatic carbocycles. The fourth-order valence-electron chi connectivity index (χ4n) is 3.29. The molecule has 0 bridgehead atoms. The van der Waals surface area contributed by atoms with Crippen molar-refractivity contribution in [1.82, 2.24) is 20.2 Å². The van der Waals surface area contributed by atoms with Crippen LogP contribution < -0.4 is 16.2 Å². The number of aliphatic carboxylic acids is 1. The molecule has 0 radical (unpaired) electrons. The van der Waals surface area contributed by atoms with Gasteiger partial charge in [-0.05, 0) is 30.7 Å². The minimum Gasteiger partial charge on any atom is -0.482 e. The Bertz CT molecular complexity index is 1330. The zero-order chi connectivity index (χ0) is 22.1. The molecule has 10 heteroatoms. The lowest BCUT2D eigenvalue weighted by molar-refractivity contribution is -0.139. The molecular weight excluding hydrogens is 400 g/mol. The van der Waals surface area contributed by atoms with Gasteiger partial charge in [-0.1, -0.05) is 18.2 Å². The number of hydrogen-bond acceptors (Lipinski definition) is 7. The van der Waals surface area contributed by atoms with Gasteiger partial charge in [0.1, 0.15) is 5.75 Å². The number of aromatic nitrogens is 4. The van der Waals surface area contributed by atoms with Gasteiger partial charge in [0.2, 0.25) is 0 Å². The number of aromatic amines is 1. The van der Waals surface area contributed by atoms with E-state index in [1.165, 1.54) is 0 Å². The summed E-state index contributed by atoms with van der Waals surface area (Å²) in [6.45, 7) is 1.40. The first-order valence-electron chi connectivity index (χ1n) is 9.20. The Balaban J connectivity index is 1.92. The molecule has 0 aliphatic heterocycles. The second-order valence-electron chi connectivity index (χ2n) is 6.82. The number of carboxylic acid groups (broad SMARTS) is 1. The number of amides is 1. The number of hydrogen-bond donors (Lipinski definition) is 4. The van der Waals surface area contributed by atoms with Crippen molar-refractivity contribution < 1.29 is 19.4 Å². The topological polar surface area (TPSA) is 170 Å². The van der Waals surface area contributed by atoms with Crippen LogP contribution in [0.25, 0.3) is 33.5 Å². The van der Waals surface area contributed by atoms with Gasteiger partial charge in [0, 0.05) is 16.5 Å². The molecule has 0 unspecified atom stereocenters. The third-order valence-corrected chi connectivity index (χ3v) is 4.70. The number of carbonyl (C=O) groups excluding carboxylic acids is 1. The third kappa shape index (κ3) is 3.73. The van der Waals surface area contributed by atoms with E-state index < -0.39 is 18.5 Å². The molecule has 1 amide bonds. The first-order valence-corrected chi connectivity index (χ1v) is 9.20. The third-order valence-electron chi connectivity index (χ3n) is 4.70. The monoisotopic (exact) mass is 418 g/mol. The number of H-pyrrole nitrogens is 1. The van der Waals surface area contributed by atoms with Crippen LogP contribution in [0.2, 0.25) is 0 Å². The highest BCUT2D eigenvalue weighted by atomic mass is 16.5. The lowest BCUT2D eigenvalue weighted by atomic mass is 9.99. The lowest BCUT2D eigenvalue weighted by Gasteiger charge is -2.14. The Morgan fingerprint density at radius 2 is 2.00 bits per heavy atom. The van der Waals surface area contributed by atoms with Crippen LogP contribution >= 0.6 is 0 Å². The number of nitrogen functional groups attached to an aromatic ring is 1. The van der Waals surface area contributed by atoms with Crippen LogP contribution in [-0.4, -0.2) is 43.8 Å². The highest BCUT2D eigenvalue weighted by Gasteiger charge is 2.21. The van der Waals surface area contributed by atoms with Crippen molar-refractivity contribution in [3.63, 3.8) is 0 Å². The number of anilines is 1. The molecule has 0 saturated heterocycles. The summed E-state index contributed by atoms with van der Waals surface area (Å²) < 4.78 is 5.23. The number of carboxylic acids is 1. The number of carbonyl (C=O) groups is 2. The van der Waals surface area contributed by atoms with Crippen LogP contribution in [0.3, 0.4) is 0 Å². The maximum atomic E-state index is 12.1. The minimum absolute atomic E-state index is 0.0614. The molecule has 10 nitrogen and oxygen atoms in total. The Hall–Kier alpha value is -4.47. The largest absolute Gasteiger partial charge is 0.482 e. The maximum absolute atomic E-state index is 12.1. The molecule has 2 heterocycles. The second-order valence-corrected chi connectivity index (χ2v) is 6.82. The summed E-state index contributed by atoms with van der Waals surface area (Å²) in [7, 11) is 0. The fourth-order valence-corrected chi connectivity index (χ4v) is 3.29. The number of nitrogens with two attached hydrogens (primary N) is 2. The predicted molar refractivity (Wildman–Crippen MR) is 113 cm³/mol.